The minimum absolute atomic E-state index is 0.0444. The molecule has 0 saturated heterocycles. The van der Waals surface area contributed by atoms with Crippen LogP contribution < -0.4 is 5.32 Å². The third kappa shape index (κ3) is 2.22. The molecule has 16 heavy (non-hydrogen) atoms. The summed E-state index contributed by atoms with van der Waals surface area (Å²) < 4.78 is 0. The average Bonchev–Trinajstić information content (AvgIpc) is 2.27. The monoisotopic (exact) mass is 237 g/mol. The van der Waals surface area contributed by atoms with Crippen LogP contribution in [0.25, 0.3) is 0 Å². The number of halogens is 1. The molecular formula is C13H16ClNO. The maximum atomic E-state index is 11.2. The Morgan fingerprint density at radius 1 is 1.31 bits per heavy atom. The number of benzene rings is 1. The van der Waals surface area contributed by atoms with E-state index in [4.69, 9.17) is 11.6 Å². The Morgan fingerprint density at radius 3 is 2.75 bits per heavy atom. The molecule has 2 rings (SSSR count). The van der Waals surface area contributed by atoms with Gasteiger partial charge >= 0.3 is 0 Å². The van der Waals surface area contributed by atoms with Crippen LogP contribution in [0.3, 0.4) is 0 Å². The number of nitrogens with one attached hydrogen (secondary N) is 1. The number of amides is 1. The minimum Gasteiger partial charge on any atom is -0.326 e. The molecule has 0 aromatic heterocycles. The van der Waals surface area contributed by atoms with Gasteiger partial charge in [0, 0.05) is 12.1 Å². The quantitative estimate of drug-likeness (QED) is 0.784. The van der Waals surface area contributed by atoms with E-state index in [2.05, 4.69) is 25.2 Å². The molecule has 1 atom stereocenters. The Kier molecular flexibility index (Phi) is 3.20. The molecule has 0 radical (unpaired) electrons. The first-order valence-corrected chi connectivity index (χ1v) is 6.08. The van der Waals surface area contributed by atoms with Gasteiger partial charge in [-0.2, -0.15) is 0 Å². The predicted molar refractivity (Wildman–Crippen MR) is 66.8 cm³/mol. The van der Waals surface area contributed by atoms with E-state index in [1.54, 1.807) is 0 Å². The van der Waals surface area contributed by atoms with Crippen molar-refractivity contribution in [3.8, 4) is 0 Å². The third-order valence-corrected chi connectivity index (χ3v) is 3.68. The Labute approximate surface area is 101 Å². The number of fused-ring (bicyclic) bond motifs is 1. The lowest BCUT2D eigenvalue weighted by molar-refractivity contribution is -0.116. The molecule has 0 aliphatic carbocycles. The molecule has 0 fully saturated rings. The molecule has 0 spiro atoms. The van der Waals surface area contributed by atoms with Crippen molar-refractivity contribution in [2.75, 3.05) is 5.32 Å². The van der Waals surface area contributed by atoms with E-state index in [9.17, 15) is 4.79 Å². The van der Waals surface area contributed by atoms with Crippen LogP contribution in [0.15, 0.2) is 18.2 Å². The first-order valence-electron chi connectivity index (χ1n) is 5.64. The van der Waals surface area contributed by atoms with Gasteiger partial charge in [-0.25, -0.2) is 0 Å². The Balaban J connectivity index is 2.29. The highest BCUT2D eigenvalue weighted by Gasteiger charge is 2.18. The number of aryl methyl sites for hydroxylation is 1. The number of carbonyl (C=O) groups excluding carboxylic acids is 1. The molecule has 2 nitrogen and oxygen atoms in total. The van der Waals surface area contributed by atoms with E-state index in [1.807, 2.05) is 12.1 Å². The number of hydrogen-bond acceptors (Lipinski definition) is 1. The van der Waals surface area contributed by atoms with Crippen molar-refractivity contribution in [1.82, 2.24) is 0 Å². The van der Waals surface area contributed by atoms with Gasteiger partial charge in [-0.3, -0.25) is 4.79 Å². The summed E-state index contributed by atoms with van der Waals surface area (Å²) in [5.74, 6) is 0.518. The summed E-state index contributed by atoms with van der Waals surface area (Å²) in [5, 5.41) is 2.92. The van der Waals surface area contributed by atoms with Gasteiger partial charge in [0.2, 0.25) is 5.91 Å². The molecular weight excluding hydrogens is 222 g/mol. The van der Waals surface area contributed by atoms with Crippen molar-refractivity contribution in [3.63, 3.8) is 0 Å². The van der Waals surface area contributed by atoms with Crippen molar-refractivity contribution >= 4 is 23.2 Å². The normalized spacial score (nSPS) is 16.9. The topological polar surface area (TPSA) is 29.1 Å². The van der Waals surface area contributed by atoms with Crippen molar-refractivity contribution in [1.29, 1.82) is 0 Å². The van der Waals surface area contributed by atoms with E-state index < -0.39 is 0 Å². The highest BCUT2D eigenvalue weighted by Crippen LogP contribution is 2.32. The molecule has 1 aliphatic rings. The first-order chi connectivity index (χ1) is 7.58. The molecule has 1 N–H and O–H groups in total. The van der Waals surface area contributed by atoms with Crippen LogP contribution >= 0.6 is 11.6 Å². The van der Waals surface area contributed by atoms with Crippen molar-refractivity contribution in [2.45, 2.75) is 32.1 Å². The fourth-order valence-corrected chi connectivity index (χ4v) is 2.10. The highest BCUT2D eigenvalue weighted by atomic mass is 35.5. The molecule has 1 unspecified atom stereocenters. The van der Waals surface area contributed by atoms with E-state index in [0.717, 1.165) is 17.7 Å². The van der Waals surface area contributed by atoms with Crippen LogP contribution in [0.1, 0.15) is 36.8 Å². The summed E-state index contributed by atoms with van der Waals surface area (Å²) in [6.07, 6.45) is 1.39. The second kappa shape index (κ2) is 4.46. The van der Waals surface area contributed by atoms with Crippen LogP contribution in [0.5, 0.6) is 0 Å². The average molecular weight is 238 g/mol. The summed E-state index contributed by atoms with van der Waals surface area (Å²) in [4.78, 5) is 11.2. The zero-order valence-electron chi connectivity index (χ0n) is 9.59. The second-order valence-electron chi connectivity index (χ2n) is 4.61. The van der Waals surface area contributed by atoms with Gasteiger partial charge in [0.25, 0.3) is 0 Å². The molecule has 3 heteroatoms. The Morgan fingerprint density at radius 2 is 2.06 bits per heavy atom. The van der Waals surface area contributed by atoms with Gasteiger partial charge in [-0.15, -0.1) is 11.6 Å². The van der Waals surface area contributed by atoms with Crippen molar-refractivity contribution in [2.24, 2.45) is 5.92 Å². The van der Waals surface area contributed by atoms with Gasteiger partial charge in [0.05, 0.1) is 5.38 Å². The SMILES string of the molecule is CC(C)C(Cl)c1ccc2c(c1)CCC(=O)N2. The lowest BCUT2D eigenvalue weighted by atomic mass is 9.96. The van der Waals surface area contributed by atoms with E-state index in [1.165, 1.54) is 5.56 Å². The smallest absolute Gasteiger partial charge is 0.224 e. The summed E-state index contributed by atoms with van der Waals surface area (Å²) in [6.45, 7) is 4.22. The number of alkyl halides is 1. The van der Waals surface area contributed by atoms with Gasteiger partial charge < -0.3 is 5.32 Å². The summed E-state index contributed by atoms with van der Waals surface area (Å²) in [6, 6.07) is 6.08. The fraction of sp³-hybridized carbons (Fsp3) is 0.462. The number of rotatable bonds is 2. The van der Waals surface area contributed by atoms with Gasteiger partial charge in [-0.1, -0.05) is 26.0 Å². The first kappa shape index (κ1) is 11.5. The lowest BCUT2D eigenvalue weighted by Crippen LogP contribution is -2.19. The Hall–Kier alpha value is -1.02. The minimum atomic E-state index is 0.0444. The fourth-order valence-electron chi connectivity index (χ4n) is 1.96. The standard InChI is InChI=1S/C13H16ClNO/c1-8(2)13(14)10-3-5-11-9(7-10)4-6-12(16)15-11/h3,5,7-8,13H,4,6H2,1-2H3,(H,15,16). The molecule has 0 bridgehead atoms. The molecule has 0 saturated carbocycles. The van der Waals surface area contributed by atoms with Crippen LogP contribution in [0.2, 0.25) is 0 Å². The van der Waals surface area contributed by atoms with Crippen LogP contribution in [-0.2, 0) is 11.2 Å². The molecule has 1 aliphatic heterocycles. The molecule has 1 heterocycles. The molecule has 1 aromatic rings. The summed E-state index contributed by atoms with van der Waals surface area (Å²) in [7, 11) is 0. The van der Waals surface area contributed by atoms with Gasteiger partial charge in [0.15, 0.2) is 0 Å². The third-order valence-electron chi connectivity index (χ3n) is 2.93. The maximum Gasteiger partial charge on any atom is 0.224 e. The zero-order chi connectivity index (χ0) is 11.7. The summed E-state index contributed by atoms with van der Waals surface area (Å²) >= 11 is 6.32. The van der Waals surface area contributed by atoms with Gasteiger partial charge in [0.1, 0.15) is 0 Å². The van der Waals surface area contributed by atoms with Crippen LogP contribution in [-0.4, -0.2) is 5.91 Å². The zero-order valence-corrected chi connectivity index (χ0v) is 10.3. The van der Waals surface area contributed by atoms with Crippen LogP contribution in [0, 0.1) is 5.92 Å². The Bertz CT molecular complexity index is 414. The van der Waals surface area contributed by atoms with E-state index in [-0.39, 0.29) is 11.3 Å². The molecule has 1 amide bonds. The largest absolute Gasteiger partial charge is 0.326 e. The van der Waals surface area contributed by atoms with Crippen molar-refractivity contribution in [3.05, 3.63) is 29.3 Å². The maximum absolute atomic E-state index is 11.2. The van der Waals surface area contributed by atoms with E-state index >= 15 is 0 Å². The molecule has 1 aromatic carbocycles. The van der Waals surface area contributed by atoms with Crippen LogP contribution in [0.4, 0.5) is 5.69 Å². The second-order valence-corrected chi connectivity index (χ2v) is 5.08. The lowest BCUT2D eigenvalue weighted by Gasteiger charge is -2.20. The predicted octanol–water partition coefficient (Wildman–Crippen LogP) is 3.51. The number of carbonyl (C=O) groups is 1. The van der Waals surface area contributed by atoms with E-state index in [0.29, 0.717) is 12.3 Å². The van der Waals surface area contributed by atoms with Crippen molar-refractivity contribution < 1.29 is 4.79 Å². The number of hydrogen-bond donors (Lipinski definition) is 1. The van der Waals surface area contributed by atoms with Gasteiger partial charge in [-0.05, 0) is 29.5 Å². The highest BCUT2D eigenvalue weighted by molar-refractivity contribution is 6.21. The number of anilines is 1. The summed E-state index contributed by atoms with van der Waals surface area (Å²) in [5.41, 5.74) is 3.28. The molecule has 86 valence electrons.